The Morgan fingerprint density at radius 1 is 1.31 bits per heavy atom. The lowest BCUT2D eigenvalue weighted by atomic mass is 10.1. The van der Waals surface area contributed by atoms with Gasteiger partial charge in [0, 0.05) is 29.9 Å². The maximum absolute atomic E-state index is 13.2. The van der Waals surface area contributed by atoms with E-state index in [0.29, 0.717) is 30.2 Å². The highest BCUT2D eigenvalue weighted by Gasteiger charge is 2.33. The van der Waals surface area contributed by atoms with E-state index < -0.39 is 0 Å². The number of hydrogen-bond acceptors (Lipinski definition) is 4. The van der Waals surface area contributed by atoms with Gasteiger partial charge in [-0.2, -0.15) is 10.2 Å². The van der Waals surface area contributed by atoms with Gasteiger partial charge in [0.25, 0.3) is 5.91 Å². The fourth-order valence-electron chi connectivity index (χ4n) is 3.95. The summed E-state index contributed by atoms with van der Waals surface area (Å²) in [4.78, 5) is 27.3. The number of nitrogens with one attached hydrogen (secondary N) is 2. The average molecular weight is 455 g/mol. The molecular weight excluding hydrogens is 428 g/mol. The summed E-state index contributed by atoms with van der Waals surface area (Å²) in [7, 11) is 0. The van der Waals surface area contributed by atoms with Crippen molar-refractivity contribution >= 4 is 23.4 Å². The van der Waals surface area contributed by atoms with E-state index in [2.05, 4.69) is 22.4 Å². The van der Waals surface area contributed by atoms with Crippen molar-refractivity contribution < 1.29 is 9.59 Å². The average Bonchev–Trinajstić information content (AvgIpc) is 3.46. The Kier molecular flexibility index (Phi) is 6.90. The summed E-state index contributed by atoms with van der Waals surface area (Å²) in [6, 6.07) is 9.27. The van der Waals surface area contributed by atoms with Gasteiger partial charge in [-0.15, -0.1) is 0 Å². The molecule has 2 aromatic heterocycles. The molecule has 3 aromatic rings. The zero-order valence-electron chi connectivity index (χ0n) is 18.1. The highest BCUT2D eigenvalue weighted by atomic mass is 35.5. The molecule has 4 rings (SSSR count). The largest absolute Gasteiger partial charge is 0.354 e. The molecule has 1 aliphatic rings. The van der Waals surface area contributed by atoms with Gasteiger partial charge in [0.2, 0.25) is 5.91 Å². The second kappa shape index (κ2) is 9.99. The summed E-state index contributed by atoms with van der Waals surface area (Å²) >= 11 is 6.01. The van der Waals surface area contributed by atoms with Crippen molar-refractivity contribution in [2.24, 2.45) is 0 Å². The predicted octanol–water partition coefficient (Wildman–Crippen LogP) is 3.47. The minimum Gasteiger partial charge on any atom is -0.354 e. The normalized spacial score (nSPS) is 15.6. The van der Waals surface area contributed by atoms with Crippen LogP contribution in [-0.4, -0.2) is 56.3 Å². The number of halogens is 1. The lowest BCUT2D eigenvalue weighted by Gasteiger charge is -2.33. The Morgan fingerprint density at radius 2 is 2.12 bits per heavy atom. The zero-order valence-corrected chi connectivity index (χ0v) is 18.8. The molecule has 9 heteroatoms. The molecule has 0 fully saturated rings. The first-order valence-electron chi connectivity index (χ1n) is 10.9. The molecule has 0 spiro atoms. The summed E-state index contributed by atoms with van der Waals surface area (Å²) in [5, 5.41) is 15.0. The summed E-state index contributed by atoms with van der Waals surface area (Å²) in [5.74, 6) is -0.336. The van der Waals surface area contributed by atoms with Crippen LogP contribution in [0.1, 0.15) is 48.3 Å². The Bertz CT molecular complexity index is 1060. The van der Waals surface area contributed by atoms with Crippen LogP contribution in [-0.2, 0) is 11.2 Å². The third kappa shape index (κ3) is 5.02. The van der Waals surface area contributed by atoms with E-state index in [1.165, 1.54) is 0 Å². The molecule has 0 saturated heterocycles. The van der Waals surface area contributed by atoms with Crippen LogP contribution >= 0.6 is 11.6 Å². The number of carbonyl (C=O) groups excluding carboxylic acids is 2. The van der Waals surface area contributed by atoms with Crippen LogP contribution in [0, 0.1) is 0 Å². The third-order valence-corrected chi connectivity index (χ3v) is 5.93. The summed E-state index contributed by atoms with van der Waals surface area (Å²) in [5.41, 5.74) is 3.19. The minimum atomic E-state index is -0.171. The lowest BCUT2D eigenvalue weighted by molar-refractivity contribution is -0.122. The number of aromatic amines is 1. The molecule has 3 heterocycles. The minimum absolute atomic E-state index is 0.0360. The predicted molar refractivity (Wildman–Crippen MR) is 122 cm³/mol. The fraction of sp³-hybridized carbons (Fsp3) is 0.391. The standard InChI is InChI=1S/C23H27ClN6O2/c1-2-3-4-19-14-29(15-22(31)25-10-9-16-12-26-27-13-16)23(32)21-11-20(28-30(19)21)17-5-7-18(24)8-6-17/h5-8,11-13,19H,2-4,9-10,14-15H2,1H3,(H,25,31)(H,26,27). The van der Waals surface area contributed by atoms with Gasteiger partial charge in [-0.1, -0.05) is 43.5 Å². The van der Waals surface area contributed by atoms with E-state index in [4.69, 9.17) is 16.7 Å². The molecule has 2 N–H and O–H groups in total. The fourth-order valence-corrected chi connectivity index (χ4v) is 4.08. The summed E-state index contributed by atoms with van der Waals surface area (Å²) in [6.45, 7) is 3.15. The highest BCUT2D eigenvalue weighted by Crippen LogP contribution is 2.29. The van der Waals surface area contributed by atoms with Crippen molar-refractivity contribution in [2.45, 2.75) is 38.6 Å². The molecule has 0 radical (unpaired) electrons. The van der Waals surface area contributed by atoms with E-state index in [0.717, 1.165) is 36.1 Å². The van der Waals surface area contributed by atoms with Crippen LogP contribution in [0.25, 0.3) is 11.3 Å². The van der Waals surface area contributed by atoms with Gasteiger partial charge in [-0.3, -0.25) is 19.4 Å². The monoisotopic (exact) mass is 454 g/mol. The topological polar surface area (TPSA) is 95.9 Å². The van der Waals surface area contributed by atoms with E-state index >= 15 is 0 Å². The molecule has 1 aromatic carbocycles. The first-order valence-corrected chi connectivity index (χ1v) is 11.3. The van der Waals surface area contributed by atoms with Crippen LogP contribution in [0.3, 0.4) is 0 Å². The van der Waals surface area contributed by atoms with Crippen LogP contribution in [0.5, 0.6) is 0 Å². The van der Waals surface area contributed by atoms with Gasteiger partial charge in [-0.05, 0) is 36.6 Å². The Morgan fingerprint density at radius 3 is 2.84 bits per heavy atom. The van der Waals surface area contributed by atoms with E-state index in [9.17, 15) is 9.59 Å². The van der Waals surface area contributed by atoms with Crippen molar-refractivity contribution in [2.75, 3.05) is 19.6 Å². The Balaban J connectivity index is 1.48. The molecule has 1 unspecified atom stereocenters. The quantitative estimate of drug-likeness (QED) is 0.517. The molecule has 0 saturated carbocycles. The number of rotatable bonds is 9. The van der Waals surface area contributed by atoms with Gasteiger partial charge in [0.1, 0.15) is 5.69 Å². The number of H-pyrrole nitrogens is 1. The van der Waals surface area contributed by atoms with Crippen LogP contribution < -0.4 is 5.32 Å². The molecule has 1 aliphatic heterocycles. The second-order valence-corrected chi connectivity index (χ2v) is 8.49. The molecule has 8 nitrogen and oxygen atoms in total. The van der Waals surface area contributed by atoms with Crippen LogP contribution in [0.4, 0.5) is 0 Å². The van der Waals surface area contributed by atoms with Gasteiger partial charge in [-0.25, -0.2) is 0 Å². The Labute approximate surface area is 191 Å². The molecular formula is C23H27ClN6O2. The van der Waals surface area contributed by atoms with Gasteiger partial charge in [0.15, 0.2) is 0 Å². The summed E-state index contributed by atoms with van der Waals surface area (Å²) < 4.78 is 1.84. The summed E-state index contributed by atoms with van der Waals surface area (Å²) in [6.07, 6.45) is 7.21. The molecule has 32 heavy (non-hydrogen) atoms. The zero-order chi connectivity index (χ0) is 22.5. The molecule has 1 atom stereocenters. The third-order valence-electron chi connectivity index (χ3n) is 5.68. The number of nitrogens with zero attached hydrogens (tertiary/aromatic N) is 4. The van der Waals surface area contributed by atoms with Crippen LogP contribution in [0.2, 0.25) is 5.02 Å². The number of fused-ring (bicyclic) bond motifs is 1. The van der Waals surface area contributed by atoms with E-state index in [1.54, 1.807) is 17.3 Å². The van der Waals surface area contributed by atoms with E-state index in [1.807, 2.05) is 35.0 Å². The van der Waals surface area contributed by atoms with Crippen molar-refractivity contribution in [3.63, 3.8) is 0 Å². The number of amides is 2. The lowest BCUT2D eigenvalue weighted by Crippen LogP contribution is -2.47. The molecule has 0 bridgehead atoms. The number of carbonyl (C=O) groups is 2. The first kappa shape index (κ1) is 22.1. The maximum atomic E-state index is 13.2. The molecule has 2 amide bonds. The van der Waals surface area contributed by atoms with Crippen LogP contribution in [0.15, 0.2) is 42.7 Å². The maximum Gasteiger partial charge on any atom is 0.272 e. The van der Waals surface area contributed by atoms with Crippen molar-refractivity contribution in [1.29, 1.82) is 0 Å². The second-order valence-electron chi connectivity index (χ2n) is 8.05. The van der Waals surface area contributed by atoms with Gasteiger partial charge >= 0.3 is 0 Å². The SMILES string of the molecule is CCCCC1CN(CC(=O)NCCc2cn[nH]c2)C(=O)c2cc(-c3ccc(Cl)cc3)nn21. The number of hydrogen-bond donors (Lipinski definition) is 2. The van der Waals surface area contributed by atoms with Gasteiger partial charge in [0.05, 0.1) is 24.5 Å². The van der Waals surface area contributed by atoms with Crippen molar-refractivity contribution in [1.82, 2.24) is 30.2 Å². The number of aromatic nitrogens is 4. The van der Waals surface area contributed by atoms with Gasteiger partial charge < -0.3 is 10.2 Å². The first-order chi connectivity index (χ1) is 15.5. The smallest absolute Gasteiger partial charge is 0.272 e. The molecule has 168 valence electrons. The van der Waals surface area contributed by atoms with Crippen molar-refractivity contribution in [3.05, 3.63) is 59.0 Å². The molecule has 0 aliphatic carbocycles. The number of benzene rings is 1. The highest BCUT2D eigenvalue weighted by molar-refractivity contribution is 6.30. The number of unbranched alkanes of at least 4 members (excludes halogenated alkanes) is 1. The Hall–Kier alpha value is -3.13. The van der Waals surface area contributed by atoms with E-state index in [-0.39, 0.29) is 24.4 Å². The van der Waals surface area contributed by atoms with Crippen molar-refractivity contribution in [3.8, 4) is 11.3 Å².